The van der Waals surface area contributed by atoms with E-state index < -0.39 is 0 Å². The van der Waals surface area contributed by atoms with Crippen LogP contribution in [-0.4, -0.2) is 19.4 Å². The lowest BCUT2D eigenvalue weighted by Gasteiger charge is -2.19. The Kier molecular flexibility index (Phi) is 7.50. The van der Waals surface area contributed by atoms with Gasteiger partial charge in [-0.1, -0.05) is 50.1 Å². The molecule has 1 unspecified atom stereocenters. The minimum absolute atomic E-state index is 0.0534. The van der Waals surface area contributed by atoms with E-state index in [1.165, 1.54) is 12.8 Å². The normalized spacial score (nSPS) is 11.9. The van der Waals surface area contributed by atoms with Crippen molar-refractivity contribution in [1.82, 2.24) is 5.32 Å². The fourth-order valence-corrected chi connectivity index (χ4v) is 2.72. The summed E-state index contributed by atoms with van der Waals surface area (Å²) < 4.78 is 5.15. The molecule has 2 rings (SSSR count). The summed E-state index contributed by atoms with van der Waals surface area (Å²) in [6.07, 6.45) is 4.00. The van der Waals surface area contributed by atoms with Crippen molar-refractivity contribution in [2.45, 2.75) is 38.6 Å². The molecule has 3 heteroatoms. The van der Waals surface area contributed by atoms with Gasteiger partial charge in [-0.2, -0.15) is 0 Å². The van der Waals surface area contributed by atoms with E-state index in [9.17, 15) is 4.79 Å². The van der Waals surface area contributed by atoms with Gasteiger partial charge in [-0.3, -0.25) is 4.79 Å². The Labute approximate surface area is 145 Å². The highest BCUT2D eigenvalue weighted by atomic mass is 16.5. The van der Waals surface area contributed by atoms with E-state index >= 15 is 0 Å². The predicted octanol–water partition coefficient (Wildman–Crippen LogP) is 4.79. The molecule has 2 aromatic rings. The van der Waals surface area contributed by atoms with Gasteiger partial charge in [-0.25, -0.2) is 0 Å². The van der Waals surface area contributed by atoms with Gasteiger partial charge in [0.1, 0.15) is 5.75 Å². The molecule has 0 saturated heterocycles. The van der Waals surface area contributed by atoms with Gasteiger partial charge < -0.3 is 10.1 Å². The van der Waals surface area contributed by atoms with Crippen LogP contribution in [0.3, 0.4) is 0 Å². The van der Waals surface area contributed by atoms with Gasteiger partial charge in [0.05, 0.1) is 7.11 Å². The number of nitrogens with one attached hydrogen (secondary N) is 1. The maximum atomic E-state index is 12.6. The van der Waals surface area contributed by atoms with Crippen LogP contribution in [0.5, 0.6) is 5.75 Å². The first-order valence-electron chi connectivity index (χ1n) is 8.70. The summed E-state index contributed by atoms with van der Waals surface area (Å²) in [4.78, 5) is 12.6. The van der Waals surface area contributed by atoms with Gasteiger partial charge in [-0.15, -0.1) is 0 Å². The summed E-state index contributed by atoms with van der Waals surface area (Å²) >= 11 is 0. The summed E-state index contributed by atoms with van der Waals surface area (Å²) in [6.45, 7) is 3.13. The summed E-state index contributed by atoms with van der Waals surface area (Å²) in [5.74, 6) is 0.915. The number of methoxy groups -OCH3 is 1. The third-order valence-electron chi connectivity index (χ3n) is 4.17. The zero-order valence-corrected chi connectivity index (χ0v) is 14.6. The number of hydrogen-bond donors (Lipinski definition) is 1. The Hall–Kier alpha value is -2.13. The highest BCUT2D eigenvalue weighted by molar-refractivity contribution is 5.96. The van der Waals surface area contributed by atoms with Crippen LogP contribution in [-0.2, 0) is 0 Å². The zero-order valence-electron chi connectivity index (χ0n) is 14.6. The van der Waals surface area contributed by atoms with E-state index in [1.807, 2.05) is 42.5 Å². The van der Waals surface area contributed by atoms with Crippen molar-refractivity contribution >= 4 is 5.78 Å². The average molecular weight is 325 g/mol. The number of benzene rings is 2. The summed E-state index contributed by atoms with van der Waals surface area (Å²) in [5.41, 5.74) is 1.89. The number of Topliss-reactive ketones (excluding diaryl/α,β-unsaturated/α-hetero) is 1. The van der Waals surface area contributed by atoms with Gasteiger partial charge in [-0.05, 0) is 42.8 Å². The molecule has 3 nitrogen and oxygen atoms in total. The van der Waals surface area contributed by atoms with Gasteiger partial charge in [0.15, 0.2) is 5.78 Å². The second-order valence-electron chi connectivity index (χ2n) is 5.98. The van der Waals surface area contributed by atoms with Crippen molar-refractivity contribution in [3.63, 3.8) is 0 Å². The van der Waals surface area contributed by atoms with Crippen molar-refractivity contribution in [3.05, 3.63) is 65.7 Å². The fraction of sp³-hybridized carbons (Fsp3) is 0.381. The van der Waals surface area contributed by atoms with Crippen LogP contribution >= 0.6 is 0 Å². The van der Waals surface area contributed by atoms with Crippen LogP contribution in [0.15, 0.2) is 54.6 Å². The van der Waals surface area contributed by atoms with Crippen LogP contribution < -0.4 is 10.1 Å². The van der Waals surface area contributed by atoms with Crippen LogP contribution in [0, 0.1) is 0 Å². The van der Waals surface area contributed by atoms with E-state index in [0.717, 1.165) is 29.8 Å². The number of carbonyl (C=O) groups is 1. The molecule has 0 fully saturated rings. The maximum Gasteiger partial charge on any atom is 0.164 e. The molecule has 0 saturated carbocycles. The van der Waals surface area contributed by atoms with E-state index in [0.29, 0.717) is 6.42 Å². The molecule has 128 valence electrons. The standard InChI is InChI=1S/C21H27NO2/c1-3-4-8-15-22-20(17-9-6-5-7-10-17)16-21(23)18-11-13-19(24-2)14-12-18/h5-7,9-14,20,22H,3-4,8,15-16H2,1-2H3. The molecule has 0 aliphatic rings. The van der Waals surface area contributed by atoms with Crippen LogP contribution in [0.4, 0.5) is 0 Å². The lowest BCUT2D eigenvalue weighted by atomic mass is 9.97. The Morgan fingerprint density at radius 3 is 2.38 bits per heavy atom. The van der Waals surface area contributed by atoms with Gasteiger partial charge in [0.25, 0.3) is 0 Å². The first-order valence-corrected chi connectivity index (χ1v) is 8.70. The molecule has 0 aromatic heterocycles. The maximum absolute atomic E-state index is 12.6. The summed E-state index contributed by atoms with van der Waals surface area (Å²) in [6, 6.07) is 17.6. The smallest absolute Gasteiger partial charge is 0.164 e. The monoisotopic (exact) mass is 325 g/mol. The number of ether oxygens (including phenoxy) is 1. The molecule has 0 radical (unpaired) electrons. The highest BCUT2D eigenvalue weighted by Gasteiger charge is 2.16. The number of ketones is 1. The van der Waals surface area contributed by atoms with E-state index in [-0.39, 0.29) is 11.8 Å². The molecular weight excluding hydrogens is 298 g/mol. The third kappa shape index (κ3) is 5.50. The summed E-state index contributed by atoms with van der Waals surface area (Å²) in [5, 5.41) is 3.55. The Balaban J connectivity index is 2.04. The fourth-order valence-electron chi connectivity index (χ4n) is 2.72. The van der Waals surface area contributed by atoms with Crippen molar-refractivity contribution in [1.29, 1.82) is 0 Å². The molecule has 0 heterocycles. The van der Waals surface area contributed by atoms with Gasteiger partial charge >= 0.3 is 0 Å². The van der Waals surface area contributed by atoms with Gasteiger partial charge in [0, 0.05) is 18.0 Å². The lowest BCUT2D eigenvalue weighted by Crippen LogP contribution is -2.25. The van der Waals surface area contributed by atoms with Crippen LogP contribution in [0.25, 0.3) is 0 Å². The lowest BCUT2D eigenvalue weighted by molar-refractivity contribution is 0.0968. The molecule has 0 spiro atoms. The number of carbonyl (C=O) groups excluding carboxylic acids is 1. The molecule has 24 heavy (non-hydrogen) atoms. The van der Waals surface area contributed by atoms with E-state index in [4.69, 9.17) is 4.74 Å². The van der Waals surface area contributed by atoms with Crippen molar-refractivity contribution in [2.75, 3.05) is 13.7 Å². The van der Waals surface area contributed by atoms with E-state index in [2.05, 4.69) is 24.4 Å². The molecule has 1 N–H and O–H groups in total. The third-order valence-corrected chi connectivity index (χ3v) is 4.17. The zero-order chi connectivity index (χ0) is 17.2. The van der Waals surface area contributed by atoms with Crippen molar-refractivity contribution in [3.8, 4) is 5.75 Å². The van der Waals surface area contributed by atoms with Crippen LogP contribution in [0.2, 0.25) is 0 Å². The minimum Gasteiger partial charge on any atom is -0.497 e. The second kappa shape index (κ2) is 9.89. The molecule has 2 aromatic carbocycles. The highest BCUT2D eigenvalue weighted by Crippen LogP contribution is 2.21. The van der Waals surface area contributed by atoms with Crippen LogP contribution in [0.1, 0.15) is 54.6 Å². The van der Waals surface area contributed by atoms with Crippen molar-refractivity contribution < 1.29 is 9.53 Å². The largest absolute Gasteiger partial charge is 0.497 e. The summed E-state index contributed by atoms with van der Waals surface area (Å²) in [7, 11) is 1.63. The molecule has 0 aliphatic heterocycles. The molecule has 0 amide bonds. The molecule has 0 bridgehead atoms. The Morgan fingerprint density at radius 2 is 1.75 bits per heavy atom. The quantitative estimate of drug-likeness (QED) is 0.504. The number of hydrogen-bond acceptors (Lipinski definition) is 3. The molecule has 1 atom stereocenters. The first-order chi connectivity index (χ1) is 11.7. The minimum atomic E-state index is 0.0534. The van der Waals surface area contributed by atoms with Crippen molar-refractivity contribution in [2.24, 2.45) is 0 Å². The number of rotatable bonds is 10. The van der Waals surface area contributed by atoms with Gasteiger partial charge in [0.2, 0.25) is 0 Å². The Morgan fingerprint density at radius 1 is 1.04 bits per heavy atom. The molecular formula is C21H27NO2. The predicted molar refractivity (Wildman–Crippen MR) is 98.7 cm³/mol. The molecule has 0 aliphatic carbocycles. The SMILES string of the molecule is CCCCCNC(CC(=O)c1ccc(OC)cc1)c1ccccc1. The average Bonchev–Trinajstić information content (AvgIpc) is 2.65. The topological polar surface area (TPSA) is 38.3 Å². The first kappa shape index (κ1) is 18.2. The second-order valence-corrected chi connectivity index (χ2v) is 5.98. The van der Waals surface area contributed by atoms with E-state index in [1.54, 1.807) is 7.11 Å². The number of unbranched alkanes of at least 4 members (excludes halogenated alkanes) is 2. The Bertz CT molecular complexity index is 607.